The summed E-state index contributed by atoms with van der Waals surface area (Å²) in [6.07, 6.45) is 4.34. The Kier molecular flexibility index (Phi) is 5.14. The van der Waals surface area contributed by atoms with Crippen LogP contribution in [0.2, 0.25) is 0 Å². The van der Waals surface area contributed by atoms with Crippen LogP contribution in [0.4, 0.5) is 5.69 Å². The van der Waals surface area contributed by atoms with Crippen LogP contribution in [0, 0.1) is 12.8 Å². The lowest BCUT2D eigenvalue weighted by atomic mass is 10.00. The van der Waals surface area contributed by atoms with Gasteiger partial charge in [0.05, 0.1) is 11.9 Å². The van der Waals surface area contributed by atoms with E-state index in [2.05, 4.69) is 22.1 Å². The lowest BCUT2D eigenvalue weighted by molar-refractivity contribution is 0.0946. The van der Waals surface area contributed by atoms with Crippen molar-refractivity contribution in [2.45, 2.75) is 33.2 Å². The van der Waals surface area contributed by atoms with Crippen LogP contribution in [0.25, 0.3) is 0 Å². The van der Waals surface area contributed by atoms with E-state index in [9.17, 15) is 4.79 Å². The van der Waals surface area contributed by atoms with E-state index in [1.54, 1.807) is 0 Å². The van der Waals surface area contributed by atoms with Gasteiger partial charge in [-0.05, 0) is 48.9 Å². The summed E-state index contributed by atoms with van der Waals surface area (Å²) in [5, 5.41) is 2.95. The van der Waals surface area contributed by atoms with Crippen LogP contribution < -0.4 is 10.2 Å². The van der Waals surface area contributed by atoms with Gasteiger partial charge in [0.25, 0.3) is 5.91 Å². The summed E-state index contributed by atoms with van der Waals surface area (Å²) in [5.41, 5.74) is 3.89. The number of carbonyl (C=O) groups is 1. The molecule has 2 aromatic rings. The number of anilines is 1. The number of rotatable bonds is 4. The SMILES string of the molecule is Cc1ccccc1CNC(=O)c1ccc(N2CCCC(C)C2)cn1. The molecule has 0 saturated carbocycles. The highest BCUT2D eigenvalue weighted by Crippen LogP contribution is 2.22. The van der Waals surface area contributed by atoms with Crippen LogP contribution in [0.15, 0.2) is 42.6 Å². The standard InChI is InChI=1S/C20H25N3O/c1-15-6-5-11-23(14-15)18-9-10-19(21-13-18)20(24)22-12-17-8-4-3-7-16(17)2/h3-4,7-10,13,15H,5-6,11-12,14H2,1-2H3,(H,22,24). The summed E-state index contributed by atoms with van der Waals surface area (Å²) in [6.45, 7) is 7.01. The molecule has 24 heavy (non-hydrogen) atoms. The second-order valence-electron chi connectivity index (χ2n) is 6.70. The molecule has 0 spiro atoms. The van der Waals surface area contributed by atoms with E-state index in [4.69, 9.17) is 0 Å². The second-order valence-corrected chi connectivity index (χ2v) is 6.70. The molecule has 1 aliphatic heterocycles. The van der Waals surface area contributed by atoms with Gasteiger partial charge in [-0.25, -0.2) is 4.98 Å². The quantitative estimate of drug-likeness (QED) is 0.936. The van der Waals surface area contributed by atoms with Gasteiger partial charge >= 0.3 is 0 Å². The van der Waals surface area contributed by atoms with Crippen molar-refractivity contribution in [3.63, 3.8) is 0 Å². The Morgan fingerprint density at radius 1 is 1.29 bits per heavy atom. The van der Waals surface area contributed by atoms with Gasteiger partial charge in [-0.1, -0.05) is 31.2 Å². The summed E-state index contributed by atoms with van der Waals surface area (Å²) < 4.78 is 0. The van der Waals surface area contributed by atoms with Gasteiger partial charge in [0, 0.05) is 19.6 Å². The summed E-state index contributed by atoms with van der Waals surface area (Å²) in [7, 11) is 0. The highest BCUT2D eigenvalue weighted by molar-refractivity contribution is 5.92. The first-order valence-corrected chi connectivity index (χ1v) is 8.67. The number of hydrogen-bond donors (Lipinski definition) is 1. The molecule has 1 amide bonds. The van der Waals surface area contributed by atoms with E-state index in [0.717, 1.165) is 30.3 Å². The van der Waals surface area contributed by atoms with Crippen molar-refractivity contribution in [1.29, 1.82) is 0 Å². The molecule has 4 nitrogen and oxygen atoms in total. The molecule has 0 aliphatic carbocycles. The average molecular weight is 323 g/mol. The third kappa shape index (κ3) is 3.94. The summed E-state index contributed by atoms with van der Waals surface area (Å²) in [5.74, 6) is 0.590. The molecule has 0 bridgehead atoms. The number of carbonyl (C=O) groups excluding carboxylic acids is 1. The Hall–Kier alpha value is -2.36. The predicted molar refractivity (Wildman–Crippen MR) is 97.2 cm³/mol. The number of piperidine rings is 1. The first-order valence-electron chi connectivity index (χ1n) is 8.67. The molecule has 2 heterocycles. The fraction of sp³-hybridized carbons (Fsp3) is 0.400. The Bertz CT molecular complexity index is 696. The first kappa shape index (κ1) is 16.5. The molecule has 3 rings (SSSR count). The van der Waals surface area contributed by atoms with Gasteiger partial charge in [0.15, 0.2) is 0 Å². The molecule has 1 fully saturated rings. The Morgan fingerprint density at radius 2 is 2.12 bits per heavy atom. The lowest BCUT2D eigenvalue weighted by Crippen LogP contribution is -2.34. The number of pyridine rings is 1. The fourth-order valence-corrected chi connectivity index (χ4v) is 3.21. The molecule has 1 atom stereocenters. The molecule has 4 heteroatoms. The van der Waals surface area contributed by atoms with Crippen LogP contribution in [-0.2, 0) is 6.54 Å². The molecular formula is C20H25N3O. The summed E-state index contributed by atoms with van der Waals surface area (Å²) in [6, 6.07) is 11.9. The Labute approximate surface area is 143 Å². The molecule has 126 valence electrons. The van der Waals surface area contributed by atoms with E-state index in [1.165, 1.54) is 18.4 Å². The van der Waals surface area contributed by atoms with Crippen molar-refractivity contribution in [2.24, 2.45) is 5.92 Å². The number of benzene rings is 1. The zero-order valence-electron chi connectivity index (χ0n) is 14.5. The van der Waals surface area contributed by atoms with Crippen LogP contribution in [-0.4, -0.2) is 24.0 Å². The number of hydrogen-bond acceptors (Lipinski definition) is 3. The first-order chi connectivity index (χ1) is 11.6. The minimum Gasteiger partial charge on any atom is -0.370 e. The third-order valence-corrected chi connectivity index (χ3v) is 4.70. The molecule has 1 aliphatic rings. The van der Waals surface area contributed by atoms with E-state index in [-0.39, 0.29) is 5.91 Å². The van der Waals surface area contributed by atoms with Crippen LogP contribution in [0.3, 0.4) is 0 Å². The van der Waals surface area contributed by atoms with Gasteiger partial charge in [-0.3, -0.25) is 4.79 Å². The largest absolute Gasteiger partial charge is 0.370 e. The highest BCUT2D eigenvalue weighted by atomic mass is 16.1. The fourth-order valence-electron chi connectivity index (χ4n) is 3.21. The molecule has 1 aromatic heterocycles. The minimum absolute atomic E-state index is 0.128. The maximum atomic E-state index is 12.3. The Balaban J connectivity index is 1.60. The molecule has 0 radical (unpaired) electrons. The normalized spacial score (nSPS) is 17.6. The van der Waals surface area contributed by atoms with Crippen molar-refractivity contribution in [1.82, 2.24) is 10.3 Å². The van der Waals surface area contributed by atoms with E-state index in [1.807, 2.05) is 49.5 Å². The molecule has 1 saturated heterocycles. The molecule has 1 unspecified atom stereocenters. The zero-order valence-corrected chi connectivity index (χ0v) is 14.5. The van der Waals surface area contributed by atoms with Crippen LogP contribution in [0.5, 0.6) is 0 Å². The van der Waals surface area contributed by atoms with E-state index < -0.39 is 0 Å². The number of aryl methyl sites for hydroxylation is 1. The van der Waals surface area contributed by atoms with Gasteiger partial charge in [0.1, 0.15) is 5.69 Å². The monoisotopic (exact) mass is 323 g/mol. The smallest absolute Gasteiger partial charge is 0.270 e. The van der Waals surface area contributed by atoms with E-state index in [0.29, 0.717) is 12.2 Å². The van der Waals surface area contributed by atoms with Crippen molar-refractivity contribution >= 4 is 11.6 Å². The summed E-state index contributed by atoms with van der Waals surface area (Å²) >= 11 is 0. The van der Waals surface area contributed by atoms with Gasteiger partial charge in [0.2, 0.25) is 0 Å². The second kappa shape index (κ2) is 7.47. The van der Waals surface area contributed by atoms with Crippen molar-refractivity contribution in [3.8, 4) is 0 Å². The molecule has 1 N–H and O–H groups in total. The van der Waals surface area contributed by atoms with Crippen LogP contribution >= 0.6 is 0 Å². The number of nitrogens with one attached hydrogen (secondary N) is 1. The predicted octanol–water partition coefficient (Wildman–Crippen LogP) is 3.56. The van der Waals surface area contributed by atoms with E-state index >= 15 is 0 Å². The minimum atomic E-state index is -0.128. The Morgan fingerprint density at radius 3 is 2.83 bits per heavy atom. The average Bonchev–Trinajstić information content (AvgIpc) is 2.61. The topological polar surface area (TPSA) is 45.2 Å². The number of aromatic nitrogens is 1. The van der Waals surface area contributed by atoms with Crippen molar-refractivity contribution in [3.05, 3.63) is 59.4 Å². The maximum absolute atomic E-state index is 12.3. The lowest BCUT2D eigenvalue weighted by Gasteiger charge is -2.32. The number of nitrogens with zero attached hydrogens (tertiary/aromatic N) is 2. The highest BCUT2D eigenvalue weighted by Gasteiger charge is 2.17. The maximum Gasteiger partial charge on any atom is 0.270 e. The van der Waals surface area contributed by atoms with Crippen molar-refractivity contribution in [2.75, 3.05) is 18.0 Å². The summed E-state index contributed by atoms with van der Waals surface area (Å²) in [4.78, 5) is 19.0. The van der Waals surface area contributed by atoms with Crippen LogP contribution in [0.1, 0.15) is 41.4 Å². The third-order valence-electron chi connectivity index (χ3n) is 4.70. The van der Waals surface area contributed by atoms with Crippen molar-refractivity contribution < 1.29 is 4.79 Å². The molecule has 1 aromatic carbocycles. The number of amides is 1. The zero-order chi connectivity index (χ0) is 16.9. The molecular weight excluding hydrogens is 298 g/mol. The van der Waals surface area contributed by atoms with Gasteiger partial charge in [-0.2, -0.15) is 0 Å². The van der Waals surface area contributed by atoms with Gasteiger partial charge in [-0.15, -0.1) is 0 Å². The van der Waals surface area contributed by atoms with Gasteiger partial charge < -0.3 is 10.2 Å².